The van der Waals surface area contributed by atoms with Crippen molar-refractivity contribution in [2.45, 2.75) is 31.2 Å². The molecule has 1 saturated heterocycles. The normalized spacial score (nSPS) is 33.6. The Labute approximate surface area is 125 Å². The maximum atomic E-state index is 12.2. The summed E-state index contributed by atoms with van der Waals surface area (Å²) in [6.07, 6.45) is 3.31. The van der Waals surface area contributed by atoms with Gasteiger partial charge in [0.05, 0.1) is 5.92 Å². The molecule has 108 valence electrons. The first-order chi connectivity index (χ1) is 9.34. The summed E-state index contributed by atoms with van der Waals surface area (Å²) in [7, 11) is 0. The first-order valence-electron chi connectivity index (χ1n) is 7.43. The lowest BCUT2D eigenvalue weighted by Gasteiger charge is -2.22. The van der Waals surface area contributed by atoms with E-state index in [0.717, 1.165) is 32.4 Å². The highest BCUT2D eigenvalue weighted by molar-refractivity contribution is 5.85. The Kier molecular flexibility index (Phi) is 3.74. The highest BCUT2D eigenvalue weighted by Gasteiger charge is 2.56. The molecule has 1 aromatic carbocycles. The molecule has 0 aromatic heterocycles. The van der Waals surface area contributed by atoms with Crippen LogP contribution in [-0.4, -0.2) is 25.0 Å². The Balaban J connectivity index is 0.00000121. The lowest BCUT2D eigenvalue weighted by molar-refractivity contribution is -0.125. The first kappa shape index (κ1) is 13.9. The van der Waals surface area contributed by atoms with Gasteiger partial charge in [0.1, 0.15) is 0 Å². The van der Waals surface area contributed by atoms with Gasteiger partial charge in [0, 0.05) is 18.5 Å². The van der Waals surface area contributed by atoms with E-state index < -0.39 is 0 Å². The van der Waals surface area contributed by atoms with E-state index in [0.29, 0.717) is 17.9 Å². The molecule has 0 bridgehead atoms. The topological polar surface area (TPSA) is 41.1 Å². The van der Waals surface area contributed by atoms with E-state index in [1.165, 1.54) is 11.1 Å². The van der Waals surface area contributed by atoms with E-state index in [-0.39, 0.29) is 24.2 Å². The van der Waals surface area contributed by atoms with Gasteiger partial charge >= 0.3 is 0 Å². The van der Waals surface area contributed by atoms with E-state index in [9.17, 15) is 4.79 Å². The fraction of sp³-hybridized carbons (Fsp3) is 0.562. The van der Waals surface area contributed by atoms with Crippen LogP contribution in [0.4, 0.5) is 0 Å². The summed E-state index contributed by atoms with van der Waals surface area (Å²) in [4.78, 5) is 12.2. The van der Waals surface area contributed by atoms with Gasteiger partial charge in [-0.05, 0) is 42.9 Å². The van der Waals surface area contributed by atoms with Gasteiger partial charge in [-0.25, -0.2) is 0 Å². The molecule has 1 aliphatic heterocycles. The van der Waals surface area contributed by atoms with Crippen molar-refractivity contribution in [3.63, 3.8) is 0 Å². The summed E-state index contributed by atoms with van der Waals surface area (Å²) in [6, 6.07) is 9.10. The molecule has 1 heterocycles. The Morgan fingerprint density at radius 2 is 2.15 bits per heavy atom. The van der Waals surface area contributed by atoms with Gasteiger partial charge in [0.2, 0.25) is 5.91 Å². The molecule has 2 N–H and O–H groups in total. The van der Waals surface area contributed by atoms with E-state index in [4.69, 9.17) is 0 Å². The van der Waals surface area contributed by atoms with Crippen molar-refractivity contribution in [2.24, 2.45) is 11.8 Å². The van der Waals surface area contributed by atoms with Gasteiger partial charge in [-0.1, -0.05) is 24.3 Å². The number of hydrogen-bond acceptors (Lipinski definition) is 2. The summed E-state index contributed by atoms with van der Waals surface area (Å²) < 4.78 is 0. The van der Waals surface area contributed by atoms with Gasteiger partial charge in [-0.15, -0.1) is 12.4 Å². The first-order valence-corrected chi connectivity index (χ1v) is 7.43. The molecule has 1 saturated carbocycles. The smallest absolute Gasteiger partial charge is 0.224 e. The minimum absolute atomic E-state index is 0. The quantitative estimate of drug-likeness (QED) is 0.874. The minimum atomic E-state index is 0. The summed E-state index contributed by atoms with van der Waals surface area (Å²) in [6.45, 7) is 1.91. The fourth-order valence-electron chi connectivity index (χ4n) is 3.91. The number of carbonyl (C=O) groups excluding carboxylic acids is 1. The molecule has 2 aliphatic carbocycles. The predicted octanol–water partition coefficient (Wildman–Crippen LogP) is 1.86. The second-order valence-electron chi connectivity index (χ2n) is 6.17. The van der Waals surface area contributed by atoms with Crippen molar-refractivity contribution in [3.05, 3.63) is 35.4 Å². The van der Waals surface area contributed by atoms with Crippen LogP contribution in [0.15, 0.2) is 24.3 Å². The van der Waals surface area contributed by atoms with E-state index in [1.54, 1.807) is 0 Å². The lowest BCUT2D eigenvalue weighted by atomic mass is 9.98. The largest absolute Gasteiger partial charge is 0.352 e. The predicted molar refractivity (Wildman–Crippen MR) is 81.1 cm³/mol. The second-order valence-corrected chi connectivity index (χ2v) is 6.17. The molecule has 3 aliphatic rings. The highest BCUT2D eigenvalue weighted by Crippen LogP contribution is 2.56. The van der Waals surface area contributed by atoms with Crippen molar-refractivity contribution in [1.82, 2.24) is 10.6 Å². The maximum Gasteiger partial charge on any atom is 0.224 e. The monoisotopic (exact) mass is 292 g/mol. The number of benzene rings is 1. The molecule has 0 radical (unpaired) electrons. The molecular formula is C16H21ClN2O. The van der Waals surface area contributed by atoms with Gasteiger partial charge in [-0.2, -0.15) is 0 Å². The van der Waals surface area contributed by atoms with E-state index in [1.807, 2.05) is 0 Å². The lowest BCUT2D eigenvalue weighted by Crippen LogP contribution is -2.42. The zero-order chi connectivity index (χ0) is 12.8. The van der Waals surface area contributed by atoms with Gasteiger partial charge in [0.15, 0.2) is 0 Å². The third-order valence-corrected chi connectivity index (χ3v) is 5.01. The van der Waals surface area contributed by atoms with Crippen LogP contribution in [0.3, 0.4) is 0 Å². The molecule has 4 unspecified atom stereocenters. The van der Waals surface area contributed by atoms with Gasteiger partial charge < -0.3 is 10.6 Å². The number of hydrogen-bond donors (Lipinski definition) is 2. The molecule has 0 spiro atoms. The number of halogens is 1. The number of carbonyl (C=O) groups is 1. The molecule has 1 aromatic rings. The fourth-order valence-corrected chi connectivity index (χ4v) is 3.91. The average molecular weight is 293 g/mol. The van der Waals surface area contributed by atoms with Crippen molar-refractivity contribution in [3.8, 4) is 0 Å². The zero-order valence-corrected chi connectivity index (χ0v) is 12.3. The third-order valence-electron chi connectivity index (χ3n) is 5.01. The van der Waals surface area contributed by atoms with Crippen LogP contribution in [-0.2, 0) is 11.2 Å². The van der Waals surface area contributed by atoms with E-state index >= 15 is 0 Å². The van der Waals surface area contributed by atoms with Gasteiger partial charge in [0.25, 0.3) is 0 Å². The number of rotatable bonds is 2. The summed E-state index contributed by atoms with van der Waals surface area (Å²) in [5, 5.41) is 6.60. The molecule has 2 fully saturated rings. The van der Waals surface area contributed by atoms with Crippen molar-refractivity contribution in [1.29, 1.82) is 0 Å². The van der Waals surface area contributed by atoms with Crippen LogP contribution < -0.4 is 10.6 Å². The summed E-state index contributed by atoms with van der Waals surface area (Å²) in [5.41, 5.74) is 2.96. The zero-order valence-electron chi connectivity index (χ0n) is 11.5. The Bertz CT molecular complexity index is 513. The molecule has 4 rings (SSSR count). The summed E-state index contributed by atoms with van der Waals surface area (Å²) in [5.74, 6) is 1.71. The molecular weight excluding hydrogens is 272 g/mol. The molecule has 3 nitrogen and oxygen atoms in total. The molecule has 4 heteroatoms. The van der Waals surface area contributed by atoms with Crippen LogP contribution in [0.25, 0.3) is 0 Å². The minimum Gasteiger partial charge on any atom is -0.352 e. The standard InChI is InChI=1S/C16H20N2O.ClH/c19-16(11-5-3-7-17-9-11)18-15-13-8-10-4-1-2-6-12(10)14(13)15;/h1-2,4,6,11,13-15,17H,3,5,7-9H2,(H,18,19);1H. The molecule has 1 amide bonds. The molecule has 4 atom stereocenters. The number of fused-ring (bicyclic) bond motifs is 3. The molecule has 20 heavy (non-hydrogen) atoms. The second kappa shape index (κ2) is 5.38. The number of nitrogens with one attached hydrogen (secondary N) is 2. The van der Waals surface area contributed by atoms with Crippen LogP contribution in [0, 0.1) is 11.8 Å². The van der Waals surface area contributed by atoms with E-state index in [2.05, 4.69) is 34.9 Å². The van der Waals surface area contributed by atoms with Crippen LogP contribution in [0.5, 0.6) is 0 Å². The maximum absolute atomic E-state index is 12.2. The van der Waals surface area contributed by atoms with Crippen LogP contribution in [0.2, 0.25) is 0 Å². The van der Waals surface area contributed by atoms with Gasteiger partial charge in [-0.3, -0.25) is 4.79 Å². The SMILES string of the molecule is Cl.O=C(NC1C2Cc3ccccc3C21)C1CCCNC1. The van der Waals surface area contributed by atoms with Crippen molar-refractivity contribution >= 4 is 18.3 Å². The highest BCUT2D eigenvalue weighted by atomic mass is 35.5. The van der Waals surface area contributed by atoms with Crippen molar-refractivity contribution in [2.75, 3.05) is 13.1 Å². The summed E-state index contributed by atoms with van der Waals surface area (Å²) >= 11 is 0. The number of piperidine rings is 1. The number of amides is 1. The van der Waals surface area contributed by atoms with Crippen LogP contribution >= 0.6 is 12.4 Å². The Morgan fingerprint density at radius 1 is 1.30 bits per heavy atom. The Hall–Kier alpha value is -1.06. The average Bonchev–Trinajstić information content (AvgIpc) is 2.97. The Morgan fingerprint density at radius 3 is 2.95 bits per heavy atom. The third kappa shape index (κ3) is 2.23. The van der Waals surface area contributed by atoms with Crippen molar-refractivity contribution < 1.29 is 4.79 Å². The van der Waals surface area contributed by atoms with Crippen LogP contribution in [0.1, 0.15) is 29.9 Å².